The van der Waals surface area contributed by atoms with Gasteiger partial charge in [0, 0.05) is 25.5 Å². The molecular weight excluding hydrogens is 204 g/mol. The van der Waals surface area contributed by atoms with Crippen LogP contribution in [-0.2, 0) is 6.54 Å². The number of carbonyl (C=O) groups excluding carboxylic acids is 1. The molecule has 5 heteroatoms. The second-order valence-electron chi connectivity index (χ2n) is 3.94. The number of hydrogen-bond donors (Lipinski definition) is 1. The molecule has 86 valence electrons. The molecule has 0 atom stereocenters. The molecule has 0 unspecified atom stereocenters. The van der Waals surface area contributed by atoms with Crippen LogP contribution >= 0.6 is 0 Å². The van der Waals surface area contributed by atoms with Crippen molar-refractivity contribution in [1.82, 2.24) is 14.9 Å². The highest BCUT2D eigenvalue weighted by Gasteiger charge is 2.18. The molecule has 1 aliphatic heterocycles. The van der Waals surface area contributed by atoms with Gasteiger partial charge in [0.15, 0.2) is 0 Å². The van der Waals surface area contributed by atoms with Crippen molar-refractivity contribution in [2.45, 2.75) is 25.8 Å². The van der Waals surface area contributed by atoms with Gasteiger partial charge in [-0.2, -0.15) is 0 Å². The second kappa shape index (κ2) is 5.03. The Hall–Kier alpha value is -1.49. The van der Waals surface area contributed by atoms with Crippen molar-refractivity contribution in [3.8, 4) is 0 Å². The van der Waals surface area contributed by atoms with E-state index in [0.29, 0.717) is 17.9 Å². The smallest absolute Gasteiger partial charge is 0.256 e. The number of aromatic nitrogens is 2. The lowest BCUT2D eigenvalue weighted by Gasteiger charge is -2.26. The molecule has 0 bridgehead atoms. The van der Waals surface area contributed by atoms with Crippen LogP contribution in [0.4, 0.5) is 0 Å². The summed E-state index contributed by atoms with van der Waals surface area (Å²) in [5.74, 6) is 0.596. The summed E-state index contributed by atoms with van der Waals surface area (Å²) in [5, 5.41) is 0. The Balaban J connectivity index is 2.07. The maximum Gasteiger partial charge on any atom is 0.256 e. The van der Waals surface area contributed by atoms with Crippen LogP contribution in [0.5, 0.6) is 0 Å². The van der Waals surface area contributed by atoms with Crippen molar-refractivity contribution in [2.24, 2.45) is 5.73 Å². The van der Waals surface area contributed by atoms with Crippen LogP contribution < -0.4 is 5.73 Å². The molecule has 5 nitrogen and oxygen atoms in total. The van der Waals surface area contributed by atoms with Crippen LogP contribution in [0, 0.1) is 0 Å². The van der Waals surface area contributed by atoms with Crippen molar-refractivity contribution >= 4 is 5.91 Å². The van der Waals surface area contributed by atoms with Crippen LogP contribution in [0.25, 0.3) is 0 Å². The monoisotopic (exact) mass is 220 g/mol. The van der Waals surface area contributed by atoms with E-state index in [-0.39, 0.29) is 5.91 Å². The minimum absolute atomic E-state index is 0.0308. The average molecular weight is 220 g/mol. The summed E-state index contributed by atoms with van der Waals surface area (Å²) < 4.78 is 0. The Bertz CT molecular complexity index is 357. The number of carbonyl (C=O) groups is 1. The molecule has 0 aliphatic carbocycles. The van der Waals surface area contributed by atoms with Gasteiger partial charge in [0.2, 0.25) is 0 Å². The molecule has 2 heterocycles. The standard InChI is InChI=1S/C11H16N4O/c12-6-10-13-7-9(8-14-10)11(16)15-4-2-1-3-5-15/h7-8H,1-6,12H2. The molecular formula is C11H16N4O. The summed E-state index contributed by atoms with van der Waals surface area (Å²) >= 11 is 0. The lowest BCUT2D eigenvalue weighted by atomic mass is 10.1. The topological polar surface area (TPSA) is 72.1 Å². The van der Waals surface area contributed by atoms with Gasteiger partial charge in [-0.15, -0.1) is 0 Å². The first-order chi connectivity index (χ1) is 7.81. The van der Waals surface area contributed by atoms with Gasteiger partial charge in [0.1, 0.15) is 5.82 Å². The van der Waals surface area contributed by atoms with E-state index in [4.69, 9.17) is 5.73 Å². The summed E-state index contributed by atoms with van der Waals surface area (Å²) in [7, 11) is 0. The molecule has 1 aromatic rings. The molecule has 0 radical (unpaired) electrons. The maximum absolute atomic E-state index is 12.0. The van der Waals surface area contributed by atoms with E-state index in [1.807, 2.05) is 4.90 Å². The molecule has 1 aromatic heterocycles. The molecule has 16 heavy (non-hydrogen) atoms. The Morgan fingerprint density at radius 2 is 1.88 bits per heavy atom. The first-order valence-corrected chi connectivity index (χ1v) is 5.61. The molecule has 2 N–H and O–H groups in total. The quantitative estimate of drug-likeness (QED) is 0.790. The predicted octanol–water partition coefficient (Wildman–Crippen LogP) is 0.561. The average Bonchev–Trinajstić information content (AvgIpc) is 2.39. The summed E-state index contributed by atoms with van der Waals surface area (Å²) in [5.41, 5.74) is 5.95. The van der Waals surface area contributed by atoms with Gasteiger partial charge >= 0.3 is 0 Å². The fraction of sp³-hybridized carbons (Fsp3) is 0.545. The lowest BCUT2D eigenvalue weighted by molar-refractivity contribution is 0.0723. The van der Waals surface area contributed by atoms with E-state index >= 15 is 0 Å². The largest absolute Gasteiger partial charge is 0.339 e. The zero-order chi connectivity index (χ0) is 11.4. The molecule has 0 aromatic carbocycles. The van der Waals surface area contributed by atoms with Gasteiger partial charge in [-0.25, -0.2) is 9.97 Å². The Morgan fingerprint density at radius 3 is 2.44 bits per heavy atom. The van der Waals surface area contributed by atoms with Gasteiger partial charge < -0.3 is 10.6 Å². The van der Waals surface area contributed by atoms with Crippen LogP contribution in [0.15, 0.2) is 12.4 Å². The van der Waals surface area contributed by atoms with Gasteiger partial charge in [-0.05, 0) is 19.3 Å². The third kappa shape index (κ3) is 2.36. The van der Waals surface area contributed by atoms with Gasteiger partial charge in [-0.3, -0.25) is 4.79 Å². The molecule has 0 spiro atoms. The SMILES string of the molecule is NCc1ncc(C(=O)N2CCCCC2)cn1. The fourth-order valence-electron chi connectivity index (χ4n) is 1.85. The molecule has 0 saturated carbocycles. The van der Waals surface area contributed by atoms with E-state index in [0.717, 1.165) is 25.9 Å². The third-order valence-corrected chi connectivity index (χ3v) is 2.78. The zero-order valence-electron chi connectivity index (χ0n) is 9.22. The third-order valence-electron chi connectivity index (χ3n) is 2.78. The van der Waals surface area contributed by atoms with Gasteiger partial charge in [-0.1, -0.05) is 0 Å². The van der Waals surface area contributed by atoms with Crippen LogP contribution in [0.1, 0.15) is 35.4 Å². The summed E-state index contributed by atoms with van der Waals surface area (Å²) in [6, 6.07) is 0. The molecule has 2 rings (SSSR count). The number of nitrogens with two attached hydrogens (primary N) is 1. The number of piperidine rings is 1. The first kappa shape index (κ1) is 11.0. The highest BCUT2D eigenvalue weighted by atomic mass is 16.2. The summed E-state index contributed by atoms with van der Waals surface area (Å²) in [6.07, 6.45) is 6.52. The molecule has 1 aliphatic rings. The van der Waals surface area contributed by atoms with E-state index in [9.17, 15) is 4.79 Å². The minimum atomic E-state index is 0.0308. The van der Waals surface area contributed by atoms with Crippen molar-refractivity contribution < 1.29 is 4.79 Å². The van der Waals surface area contributed by atoms with Crippen molar-refractivity contribution in [1.29, 1.82) is 0 Å². The highest BCUT2D eigenvalue weighted by Crippen LogP contribution is 2.12. The second-order valence-corrected chi connectivity index (χ2v) is 3.94. The normalized spacial score (nSPS) is 16.2. The Morgan fingerprint density at radius 1 is 1.25 bits per heavy atom. The van der Waals surface area contributed by atoms with Gasteiger partial charge in [0.25, 0.3) is 5.91 Å². The number of rotatable bonds is 2. The predicted molar refractivity (Wildman–Crippen MR) is 59.7 cm³/mol. The molecule has 1 saturated heterocycles. The maximum atomic E-state index is 12.0. The molecule has 1 amide bonds. The van der Waals surface area contributed by atoms with E-state index in [1.165, 1.54) is 6.42 Å². The molecule has 1 fully saturated rings. The highest BCUT2D eigenvalue weighted by molar-refractivity contribution is 5.93. The number of hydrogen-bond acceptors (Lipinski definition) is 4. The summed E-state index contributed by atoms with van der Waals surface area (Å²) in [6.45, 7) is 1.99. The van der Waals surface area contributed by atoms with Crippen molar-refractivity contribution in [3.05, 3.63) is 23.8 Å². The number of nitrogens with zero attached hydrogens (tertiary/aromatic N) is 3. The zero-order valence-corrected chi connectivity index (χ0v) is 9.22. The van der Waals surface area contributed by atoms with Crippen LogP contribution in [0.2, 0.25) is 0 Å². The van der Waals surface area contributed by atoms with Crippen LogP contribution in [0.3, 0.4) is 0 Å². The van der Waals surface area contributed by atoms with Crippen LogP contribution in [-0.4, -0.2) is 33.9 Å². The lowest BCUT2D eigenvalue weighted by Crippen LogP contribution is -2.35. The van der Waals surface area contributed by atoms with Crippen molar-refractivity contribution in [2.75, 3.05) is 13.1 Å². The Labute approximate surface area is 94.7 Å². The Kier molecular flexibility index (Phi) is 3.46. The first-order valence-electron chi connectivity index (χ1n) is 5.61. The van der Waals surface area contributed by atoms with E-state index in [2.05, 4.69) is 9.97 Å². The fourth-order valence-corrected chi connectivity index (χ4v) is 1.85. The number of likely N-dealkylation sites (tertiary alicyclic amines) is 1. The number of amides is 1. The van der Waals surface area contributed by atoms with E-state index in [1.54, 1.807) is 12.4 Å². The van der Waals surface area contributed by atoms with E-state index < -0.39 is 0 Å². The van der Waals surface area contributed by atoms with Gasteiger partial charge in [0.05, 0.1) is 12.1 Å². The van der Waals surface area contributed by atoms with Crippen molar-refractivity contribution in [3.63, 3.8) is 0 Å². The summed E-state index contributed by atoms with van der Waals surface area (Å²) in [4.78, 5) is 21.9. The minimum Gasteiger partial charge on any atom is -0.339 e.